The van der Waals surface area contributed by atoms with Crippen LogP contribution in [0.5, 0.6) is 5.75 Å². The minimum atomic E-state index is -0.639. The number of carbonyl (C=O) groups is 2. The number of rotatable bonds is 5. The van der Waals surface area contributed by atoms with E-state index in [1.165, 1.54) is 24.0 Å². The van der Waals surface area contributed by atoms with Crippen molar-refractivity contribution in [2.45, 2.75) is 6.54 Å². The summed E-state index contributed by atoms with van der Waals surface area (Å²) in [6.45, 7) is 0.281. The van der Waals surface area contributed by atoms with E-state index >= 15 is 0 Å². The third-order valence-corrected chi connectivity index (χ3v) is 3.47. The van der Waals surface area contributed by atoms with Crippen LogP contribution < -0.4 is 10.1 Å². The average molecular weight is 341 g/mol. The molecule has 0 fully saturated rings. The minimum absolute atomic E-state index is 0.0452. The van der Waals surface area contributed by atoms with Crippen molar-refractivity contribution >= 4 is 17.7 Å². The van der Waals surface area contributed by atoms with Crippen LogP contribution >= 0.6 is 0 Å². The molecule has 0 spiro atoms. The van der Waals surface area contributed by atoms with Crippen molar-refractivity contribution < 1.29 is 19.1 Å². The number of hydrogen-bond donors (Lipinski definition) is 1. The van der Waals surface area contributed by atoms with Crippen molar-refractivity contribution in [1.29, 1.82) is 0 Å². The Kier molecular flexibility index (Phi) is 4.55. The second kappa shape index (κ2) is 6.95. The van der Waals surface area contributed by atoms with Crippen LogP contribution in [0.15, 0.2) is 36.7 Å². The molecule has 0 saturated carbocycles. The SMILES string of the molecule is COC(=O)c1cc(C(=O)NCc2cccc(OC)c2)nc2ncnn12. The monoisotopic (exact) mass is 341 g/mol. The van der Waals surface area contributed by atoms with Crippen molar-refractivity contribution in [2.24, 2.45) is 0 Å². The summed E-state index contributed by atoms with van der Waals surface area (Å²) in [6.07, 6.45) is 1.24. The van der Waals surface area contributed by atoms with Crippen LogP contribution in [0.25, 0.3) is 5.78 Å². The molecule has 0 bridgehead atoms. The number of fused-ring (bicyclic) bond motifs is 1. The third kappa shape index (κ3) is 3.39. The molecule has 128 valence electrons. The van der Waals surface area contributed by atoms with E-state index in [0.717, 1.165) is 5.56 Å². The lowest BCUT2D eigenvalue weighted by molar-refractivity contribution is 0.0590. The smallest absolute Gasteiger partial charge is 0.356 e. The highest BCUT2D eigenvalue weighted by atomic mass is 16.5. The van der Waals surface area contributed by atoms with Crippen LogP contribution in [0.4, 0.5) is 0 Å². The van der Waals surface area contributed by atoms with Crippen LogP contribution in [0.2, 0.25) is 0 Å². The van der Waals surface area contributed by atoms with Crippen molar-refractivity contribution in [3.8, 4) is 5.75 Å². The number of amides is 1. The second-order valence-corrected chi connectivity index (χ2v) is 5.02. The van der Waals surface area contributed by atoms with Gasteiger partial charge in [-0.1, -0.05) is 12.1 Å². The molecule has 0 atom stereocenters. The highest BCUT2D eigenvalue weighted by Crippen LogP contribution is 2.12. The summed E-state index contributed by atoms with van der Waals surface area (Å²) in [5.41, 5.74) is 0.977. The van der Waals surface area contributed by atoms with E-state index in [9.17, 15) is 9.59 Å². The highest BCUT2D eigenvalue weighted by molar-refractivity contribution is 5.96. The van der Waals surface area contributed by atoms with Crippen LogP contribution in [0, 0.1) is 0 Å². The quantitative estimate of drug-likeness (QED) is 0.685. The topological polar surface area (TPSA) is 108 Å². The Morgan fingerprint density at radius 1 is 1.24 bits per heavy atom. The Hall–Kier alpha value is -3.49. The number of benzene rings is 1. The van der Waals surface area contributed by atoms with Gasteiger partial charge in [0, 0.05) is 12.6 Å². The summed E-state index contributed by atoms with van der Waals surface area (Å²) in [7, 11) is 2.82. The number of methoxy groups -OCH3 is 2. The lowest BCUT2D eigenvalue weighted by atomic mass is 10.2. The zero-order valence-corrected chi connectivity index (χ0v) is 13.6. The summed E-state index contributed by atoms with van der Waals surface area (Å²) in [6, 6.07) is 8.63. The number of aromatic nitrogens is 4. The predicted octanol–water partition coefficient (Wildman–Crippen LogP) is 0.849. The van der Waals surface area contributed by atoms with E-state index in [-0.39, 0.29) is 23.7 Å². The van der Waals surface area contributed by atoms with E-state index in [1.54, 1.807) is 7.11 Å². The van der Waals surface area contributed by atoms with Crippen molar-refractivity contribution in [1.82, 2.24) is 24.9 Å². The molecule has 0 saturated heterocycles. The summed E-state index contributed by atoms with van der Waals surface area (Å²) >= 11 is 0. The third-order valence-electron chi connectivity index (χ3n) is 3.47. The van der Waals surface area contributed by atoms with E-state index in [0.29, 0.717) is 5.75 Å². The summed E-state index contributed by atoms with van der Waals surface area (Å²) < 4.78 is 11.1. The molecule has 9 nitrogen and oxygen atoms in total. The molecule has 0 radical (unpaired) electrons. The Labute approximate surface area is 142 Å². The fourth-order valence-electron chi connectivity index (χ4n) is 2.23. The molecular formula is C16H15N5O4. The number of ether oxygens (including phenoxy) is 2. The molecule has 0 aliphatic rings. The Morgan fingerprint density at radius 2 is 2.08 bits per heavy atom. The van der Waals surface area contributed by atoms with Crippen LogP contribution in [0.1, 0.15) is 26.5 Å². The maximum Gasteiger partial charge on any atom is 0.356 e. The lowest BCUT2D eigenvalue weighted by Gasteiger charge is -2.08. The van der Waals surface area contributed by atoms with Gasteiger partial charge in [-0.3, -0.25) is 4.79 Å². The summed E-state index contributed by atoms with van der Waals surface area (Å²) in [5.74, 6) is -0.254. The molecule has 25 heavy (non-hydrogen) atoms. The molecule has 1 N–H and O–H groups in total. The molecule has 0 aliphatic carbocycles. The number of nitrogens with one attached hydrogen (secondary N) is 1. The zero-order valence-electron chi connectivity index (χ0n) is 13.6. The number of hydrogen-bond acceptors (Lipinski definition) is 7. The van der Waals surface area contributed by atoms with Gasteiger partial charge in [-0.05, 0) is 17.7 Å². The molecule has 2 aromatic heterocycles. The Balaban J connectivity index is 1.83. The summed E-state index contributed by atoms with van der Waals surface area (Å²) in [4.78, 5) is 32.3. The van der Waals surface area contributed by atoms with Crippen molar-refractivity contribution in [3.05, 3.63) is 53.6 Å². The van der Waals surface area contributed by atoms with Gasteiger partial charge in [-0.25, -0.2) is 9.78 Å². The summed E-state index contributed by atoms with van der Waals surface area (Å²) in [5, 5.41) is 6.64. The van der Waals surface area contributed by atoms with Gasteiger partial charge in [0.05, 0.1) is 14.2 Å². The molecular weight excluding hydrogens is 326 g/mol. The fourth-order valence-corrected chi connectivity index (χ4v) is 2.23. The molecule has 3 rings (SSSR count). The first-order valence-corrected chi connectivity index (χ1v) is 7.32. The van der Waals surface area contributed by atoms with Gasteiger partial charge in [-0.2, -0.15) is 14.6 Å². The first-order chi connectivity index (χ1) is 12.1. The first-order valence-electron chi connectivity index (χ1n) is 7.32. The van der Waals surface area contributed by atoms with Gasteiger partial charge in [0.25, 0.3) is 11.7 Å². The molecule has 0 aliphatic heterocycles. The van der Waals surface area contributed by atoms with Gasteiger partial charge in [0.2, 0.25) is 0 Å². The van der Waals surface area contributed by atoms with Gasteiger partial charge < -0.3 is 14.8 Å². The van der Waals surface area contributed by atoms with E-state index in [1.807, 2.05) is 24.3 Å². The lowest BCUT2D eigenvalue weighted by Crippen LogP contribution is -2.25. The number of nitrogens with zero attached hydrogens (tertiary/aromatic N) is 4. The van der Waals surface area contributed by atoms with Crippen LogP contribution in [-0.2, 0) is 11.3 Å². The molecule has 9 heteroatoms. The fraction of sp³-hybridized carbons (Fsp3) is 0.188. The van der Waals surface area contributed by atoms with Gasteiger partial charge in [-0.15, -0.1) is 0 Å². The normalized spacial score (nSPS) is 10.5. The first kappa shape index (κ1) is 16.4. The average Bonchev–Trinajstić information content (AvgIpc) is 3.13. The second-order valence-electron chi connectivity index (χ2n) is 5.02. The largest absolute Gasteiger partial charge is 0.497 e. The molecule has 0 unspecified atom stereocenters. The maximum atomic E-state index is 12.4. The number of esters is 1. The molecule has 3 aromatic rings. The minimum Gasteiger partial charge on any atom is -0.497 e. The number of carbonyl (C=O) groups excluding carboxylic acids is 2. The Bertz CT molecular complexity index is 937. The zero-order chi connectivity index (χ0) is 17.8. The van der Waals surface area contributed by atoms with Crippen LogP contribution in [0.3, 0.4) is 0 Å². The van der Waals surface area contributed by atoms with E-state index in [2.05, 4.69) is 20.4 Å². The predicted molar refractivity (Wildman–Crippen MR) is 86.3 cm³/mol. The molecule has 2 heterocycles. The molecule has 1 amide bonds. The van der Waals surface area contributed by atoms with Gasteiger partial charge in [0.1, 0.15) is 17.8 Å². The van der Waals surface area contributed by atoms with Crippen molar-refractivity contribution in [2.75, 3.05) is 14.2 Å². The Morgan fingerprint density at radius 3 is 2.84 bits per heavy atom. The van der Waals surface area contributed by atoms with Gasteiger partial charge >= 0.3 is 5.97 Å². The standard InChI is InChI=1S/C16H15N5O4/c1-24-11-5-3-4-10(6-11)8-17-14(22)12-7-13(15(23)25-2)21-16(20-12)18-9-19-21/h3-7,9H,8H2,1-2H3,(H,17,22). The van der Waals surface area contributed by atoms with Gasteiger partial charge in [0.15, 0.2) is 5.69 Å². The van der Waals surface area contributed by atoms with E-state index in [4.69, 9.17) is 9.47 Å². The van der Waals surface area contributed by atoms with E-state index < -0.39 is 11.9 Å². The van der Waals surface area contributed by atoms with Crippen LogP contribution in [-0.4, -0.2) is 45.7 Å². The maximum absolute atomic E-state index is 12.4. The highest BCUT2D eigenvalue weighted by Gasteiger charge is 2.18. The molecule has 1 aromatic carbocycles. The van der Waals surface area contributed by atoms with Crippen molar-refractivity contribution in [3.63, 3.8) is 0 Å².